The van der Waals surface area contributed by atoms with Crippen molar-refractivity contribution in [1.29, 1.82) is 0 Å². The van der Waals surface area contributed by atoms with Gasteiger partial charge in [-0.25, -0.2) is 0 Å². The Morgan fingerprint density at radius 2 is 1.19 bits per heavy atom. The molecule has 0 aromatic heterocycles. The number of rotatable bonds is 8. The third-order valence-electron chi connectivity index (χ3n) is 2.61. The van der Waals surface area contributed by atoms with Crippen molar-refractivity contribution in [1.82, 2.24) is 0 Å². The molecule has 1 radical (unpaired) electrons. The van der Waals surface area contributed by atoms with E-state index in [1.165, 1.54) is 0 Å². The second kappa shape index (κ2) is 6.61. The van der Waals surface area contributed by atoms with Crippen molar-refractivity contribution >= 4 is 0 Å². The zero-order chi connectivity index (χ0) is 12.8. The molecule has 0 spiro atoms. The lowest BCUT2D eigenvalue weighted by atomic mass is 10.0. The van der Waals surface area contributed by atoms with Gasteiger partial charge in [0.2, 0.25) is 0 Å². The molecule has 0 N–H and O–H groups in total. The Balaban J connectivity index is 4.11. The first-order valence-electron chi connectivity index (χ1n) is 6.41. The molecule has 0 amide bonds. The zero-order valence-corrected chi connectivity index (χ0v) is 11.9. The van der Waals surface area contributed by atoms with Crippen LogP contribution in [0, 0.1) is 6.92 Å². The van der Waals surface area contributed by atoms with E-state index in [2.05, 4.69) is 48.5 Å². The standard InChI is InChI=1S/C14H29O2/c1-8-10-13(4,5)15-12(3)16-14(6,7)11-9-2/h12H,3,8-11H2,1-2,4-7H3. The number of hydrogen-bond donors (Lipinski definition) is 0. The molecular formula is C14H29O2. The largest absolute Gasteiger partial charge is 0.347 e. The minimum atomic E-state index is -0.386. The van der Waals surface area contributed by atoms with Crippen molar-refractivity contribution in [3.63, 3.8) is 0 Å². The van der Waals surface area contributed by atoms with Gasteiger partial charge in [0.15, 0.2) is 6.29 Å². The molecule has 0 aliphatic rings. The molecule has 0 saturated carbocycles. The van der Waals surface area contributed by atoms with Gasteiger partial charge in [-0.2, -0.15) is 0 Å². The molecule has 0 atom stereocenters. The van der Waals surface area contributed by atoms with Crippen LogP contribution in [0.5, 0.6) is 0 Å². The van der Waals surface area contributed by atoms with Crippen LogP contribution in [0.25, 0.3) is 0 Å². The molecule has 0 rings (SSSR count). The molecule has 16 heavy (non-hydrogen) atoms. The summed E-state index contributed by atoms with van der Waals surface area (Å²) in [6.07, 6.45) is 3.88. The van der Waals surface area contributed by atoms with Gasteiger partial charge in [0.1, 0.15) is 0 Å². The van der Waals surface area contributed by atoms with E-state index in [0.29, 0.717) is 0 Å². The molecule has 0 aliphatic carbocycles. The molecule has 97 valence electrons. The van der Waals surface area contributed by atoms with Gasteiger partial charge in [0.05, 0.1) is 11.2 Å². The number of ether oxygens (including phenoxy) is 2. The van der Waals surface area contributed by atoms with E-state index >= 15 is 0 Å². The Morgan fingerprint density at radius 3 is 1.44 bits per heavy atom. The van der Waals surface area contributed by atoms with Crippen molar-refractivity contribution in [2.75, 3.05) is 0 Å². The second-order valence-electron chi connectivity index (χ2n) is 5.68. The van der Waals surface area contributed by atoms with E-state index in [0.717, 1.165) is 25.7 Å². The van der Waals surface area contributed by atoms with Gasteiger partial charge in [-0.15, -0.1) is 0 Å². The Bertz CT molecular complexity index is 165. The Morgan fingerprint density at radius 1 is 0.875 bits per heavy atom. The fraction of sp³-hybridized carbons (Fsp3) is 0.929. The van der Waals surface area contributed by atoms with Gasteiger partial charge in [-0.1, -0.05) is 26.7 Å². The fourth-order valence-electron chi connectivity index (χ4n) is 2.06. The van der Waals surface area contributed by atoms with Crippen LogP contribution < -0.4 is 0 Å². The van der Waals surface area contributed by atoms with Crippen molar-refractivity contribution < 1.29 is 9.47 Å². The summed E-state index contributed by atoms with van der Waals surface area (Å²) in [4.78, 5) is 0. The molecule has 0 aromatic rings. The van der Waals surface area contributed by atoms with Crippen molar-refractivity contribution in [2.45, 2.75) is 84.7 Å². The lowest BCUT2D eigenvalue weighted by molar-refractivity contribution is -0.223. The Labute approximate surface area is 102 Å². The van der Waals surface area contributed by atoms with Crippen LogP contribution >= 0.6 is 0 Å². The highest BCUT2D eigenvalue weighted by atomic mass is 16.7. The summed E-state index contributed by atoms with van der Waals surface area (Å²) in [5.74, 6) is 0. The molecular weight excluding hydrogens is 200 g/mol. The first kappa shape index (κ1) is 15.9. The first-order valence-corrected chi connectivity index (χ1v) is 6.41. The molecule has 2 heteroatoms. The van der Waals surface area contributed by atoms with Crippen LogP contribution in [-0.4, -0.2) is 17.5 Å². The third kappa shape index (κ3) is 7.24. The van der Waals surface area contributed by atoms with Gasteiger partial charge in [-0.3, -0.25) is 0 Å². The fourth-order valence-corrected chi connectivity index (χ4v) is 2.06. The van der Waals surface area contributed by atoms with Crippen LogP contribution in [0.1, 0.15) is 67.2 Å². The highest BCUT2D eigenvalue weighted by Crippen LogP contribution is 2.24. The molecule has 0 saturated heterocycles. The predicted molar refractivity (Wildman–Crippen MR) is 69.3 cm³/mol. The minimum absolute atomic E-state index is 0.149. The highest BCUT2D eigenvalue weighted by Gasteiger charge is 2.26. The number of hydrogen-bond acceptors (Lipinski definition) is 2. The van der Waals surface area contributed by atoms with Gasteiger partial charge in [0.25, 0.3) is 0 Å². The smallest absolute Gasteiger partial charge is 0.159 e. The van der Waals surface area contributed by atoms with Crippen LogP contribution in [-0.2, 0) is 9.47 Å². The predicted octanol–water partition coefficient (Wildman–Crippen LogP) is 4.34. The average Bonchev–Trinajstić information content (AvgIpc) is 1.99. The average molecular weight is 229 g/mol. The molecule has 0 heterocycles. The molecule has 0 aromatic carbocycles. The maximum atomic E-state index is 5.83. The summed E-state index contributed by atoms with van der Waals surface area (Å²) in [6, 6.07) is 0. The quantitative estimate of drug-likeness (QED) is 0.576. The Hall–Kier alpha value is -0.0800. The van der Waals surface area contributed by atoms with Gasteiger partial charge >= 0.3 is 0 Å². The van der Waals surface area contributed by atoms with Gasteiger partial charge < -0.3 is 9.47 Å². The second-order valence-corrected chi connectivity index (χ2v) is 5.68. The van der Waals surface area contributed by atoms with Crippen LogP contribution in [0.3, 0.4) is 0 Å². The summed E-state index contributed by atoms with van der Waals surface area (Å²) >= 11 is 0. The van der Waals surface area contributed by atoms with E-state index in [-0.39, 0.29) is 17.5 Å². The van der Waals surface area contributed by atoms with Gasteiger partial charge in [0, 0.05) is 6.92 Å². The maximum Gasteiger partial charge on any atom is 0.159 e. The molecule has 0 fully saturated rings. The summed E-state index contributed by atoms with van der Waals surface area (Å²) in [6.45, 7) is 16.6. The van der Waals surface area contributed by atoms with Crippen LogP contribution in [0.15, 0.2) is 0 Å². The van der Waals surface area contributed by atoms with E-state index < -0.39 is 0 Å². The topological polar surface area (TPSA) is 18.5 Å². The van der Waals surface area contributed by atoms with Crippen LogP contribution in [0.2, 0.25) is 0 Å². The molecule has 0 aliphatic heterocycles. The van der Waals surface area contributed by atoms with E-state index in [1.807, 2.05) is 0 Å². The van der Waals surface area contributed by atoms with Crippen LogP contribution in [0.4, 0.5) is 0 Å². The lowest BCUT2D eigenvalue weighted by Crippen LogP contribution is -2.36. The SMILES string of the molecule is [CH2]C(OC(C)(C)CCC)OC(C)(C)CCC. The summed E-state index contributed by atoms with van der Waals surface area (Å²) in [5, 5.41) is 0. The normalized spacial score (nSPS) is 13.5. The monoisotopic (exact) mass is 229 g/mol. The van der Waals surface area contributed by atoms with Crippen molar-refractivity contribution in [2.24, 2.45) is 0 Å². The maximum absolute atomic E-state index is 5.83. The van der Waals surface area contributed by atoms with Crippen molar-refractivity contribution in [3.05, 3.63) is 6.92 Å². The summed E-state index contributed by atoms with van der Waals surface area (Å²) in [5.41, 5.74) is -0.299. The van der Waals surface area contributed by atoms with Crippen molar-refractivity contribution in [3.8, 4) is 0 Å². The lowest BCUT2D eigenvalue weighted by Gasteiger charge is -2.34. The molecule has 0 bridgehead atoms. The summed E-state index contributed by atoms with van der Waals surface area (Å²) in [7, 11) is 0. The van der Waals surface area contributed by atoms with E-state index in [9.17, 15) is 0 Å². The van der Waals surface area contributed by atoms with Gasteiger partial charge in [-0.05, 0) is 40.5 Å². The molecule has 0 unspecified atom stereocenters. The minimum Gasteiger partial charge on any atom is -0.347 e. The molecule has 2 nitrogen and oxygen atoms in total. The summed E-state index contributed by atoms with van der Waals surface area (Å²) < 4.78 is 11.7. The van der Waals surface area contributed by atoms with E-state index in [1.54, 1.807) is 0 Å². The first-order chi connectivity index (χ1) is 7.22. The third-order valence-corrected chi connectivity index (χ3v) is 2.61. The Kier molecular flexibility index (Phi) is 6.57. The van der Waals surface area contributed by atoms with E-state index in [4.69, 9.17) is 9.47 Å². The highest BCUT2D eigenvalue weighted by molar-refractivity contribution is 4.73. The zero-order valence-electron chi connectivity index (χ0n) is 11.9.